The summed E-state index contributed by atoms with van der Waals surface area (Å²) in [4.78, 5) is 11.6. The molecule has 16 heteroatoms. The second kappa shape index (κ2) is 10.5. The number of hydrogen-bond acceptors (Lipinski definition) is 9. The summed E-state index contributed by atoms with van der Waals surface area (Å²) >= 11 is 0. The molecule has 3 rings (SSSR count). The lowest BCUT2D eigenvalue weighted by atomic mass is 10.2. The van der Waals surface area contributed by atoms with Crippen LogP contribution in [-0.4, -0.2) is 63.5 Å². The Morgan fingerprint density at radius 1 is 1.00 bits per heavy atom. The van der Waals surface area contributed by atoms with E-state index < -0.39 is 37.6 Å². The van der Waals surface area contributed by atoms with Gasteiger partial charge in [0.25, 0.3) is 0 Å². The summed E-state index contributed by atoms with van der Waals surface area (Å²) in [6, 6.07) is 8.67. The SMILES string of the molecule is CN(c1ncccc1CNc1nc(Nc2cccc(S(=O)(=O)N(C)C)c2)ncc1C(F)(F)F)S(C)(=O)=O. The lowest BCUT2D eigenvalue weighted by molar-refractivity contribution is -0.137. The number of pyridine rings is 1. The number of hydrogen-bond donors (Lipinski definition) is 2. The van der Waals surface area contributed by atoms with Gasteiger partial charge < -0.3 is 10.6 Å². The van der Waals surface area contributed by atoms with Crippen molar-refractivity contribution in [1.29, 1.82) is 0 Å². The second-order valence-electron chi connectivity index (χ2n) is 7.96. The van der Waals surface area contributed by atoms with Crippen LogP contribution in [0.5, 0.6) is 0 Å². The van der Waals surface area contributed by atoms with E-state index in [0.717, 1.165) is 14.9 Å². The fourth-order valence-electron chi connectivity index (χ4n) is 3.05. The average molecular weight is 560 g/mol. The van der Waals surface area contributed by atoms with E-state index in [1.54, 1.807) is 0 Å². The first-order valence-electron chi connectivity index (χ1n) is 10.5. The molecule has 2 heterocycles. The summed E-state index contributed by atoms with van der Waals surface area (Å²) in [7, 11) is -3.41. The molecule has 0 aliphatic heterocycles. The highest BCUT2D eigenvalue weighted by atomic mass is 32.2. The van der Waals surface area contributed by atoms with Crippen molar-refractivity contribution in [3.63, 3.8) is 0 Å². The van der Waals surface area contributed by atoms with Gasteiger partial charge in [0.15, 0.2) is 0 Å². The predicted octanol–water partition coefficient (Wildman–Crippen LogP) is 2.89. The molecule has 0 amide bonds. The first-order chi connectivity index (χ1) is 17.1. The largest absolute Gasteiger partial charge is 0.421 e. The Bertz CT molecular complexity index is 1500. The van der Waals surface area contributed by atoms with Crippen LogP contribution >= 0.6 is 0 Å². The van der Waals surface area contributed by atoms with Crippen molar-refractivity contribution < 1.29 is 30.0 Å². The third-order valence-electron chi connectivity index (χ3n) is 5.07. The van der Waals surface area contributed by atoms with Crippen LogP contribution in [0.3, 0.4) is 0 Å². The van der Waals surface area contributed by atoms with Crippen molar-refractivity contribution >= 4 is 43.3 Å². The Balaban J connectivity index is 1.94. The fourth-order valence-corrected chi connectivity index (χ4v) is 4.47. The van der Waals surface area contributed by atoms with Crippen LogP contribution in [0.4, 0.5) is 36.4 Å². The number of sulfonamides is 2. The molecule has 37 heavy (non-hydrogen) atoms. The lowest BCUT2D eigenvalue weighted by Gasteiger charge is -2.20. The Kier molecular flexibility index (Phi) is 7.94. The van der Waals surface area contributed by atoms with Crippen molar-refractivity contribution in [2.24, 2.45) is 0 Å². The number of anilines is 4. The number of halogens is 3. The van der Waals surface area contributed by atoms with E-state index in [1.165, 1.54) is 63.7 Å². The standard InChI is InChI=1S/C21H24F3N7O4S2/c1-30(2)37(34,35)16-9-5-8-15(11-16)28-20-27-13-17(21(22,23)24)18(29-20)26-12-14-7-6-10-25-19(14)31(3)36(4,32)33/h5-11,13H,12H2,1-4H3,(H2,26,27,28,29). The van der Waals surface area contributed by atoms with E-state index in [0.29, 0.717) is 11.8 Å². The van der Waals surface area contributed by atoms with E-state index in [4.69, 9.17) is 0 Å². The van der Waals surface area contributed by atoms with Gasteiger partial charge in [-0.05, 0) is 24.3 Å². The Morgan fingerprint density at radius 2 is 1.70 bits per heavy atom. The first-order valence-corrected chi connectivity index (χ1v) is 13.7. The predicted molar refractivity (Wildman–Crippen MR) is 132 cm³/mol. The molecular weight excluding hydrogens is 535 g/mol. The smallest absolute Gasteiger partial charge is 0.365 e. The van der Waals surface area contributed by atoms with Gasteiger partial charge in [0.1, 0.15) is 17.2 Å². The lowest BCUT2D eigenvalue weighted by Crippen LogP contribution is -2.27. The van der Waals surface area contributed by atoms with Crippen LogP contribution < -0.4 is 14.9 Å². The van der Waals surface area contributed by atoms with Crippen LogP contribution in [0.15, 0.2) is 53.7 Å². The summed E-state index contributed by atoms with van der Waals surface area (Å²) in [5.41, 5.74) is -0.611. The van der Waals surface area contributed by atoms with Crippen molar-refractivity contribution in [2.75, 3.05) is 42.3 Å². The van der Waals surface area contributed by atoms with E-state index >= 15 is 0 Å². The van der Waals surface area contributed by atoms with Crippen molar-refractivity contribution in [3.8, 4) is 0 Å². The number of nitrogens with zero attached hydrogens (tertiary/aromatic N) is 5. The zero-order valence-electron chi connectivity index (χ0n) is 20.1. The Hall–Kier alpha value is -3.50. The minimum atomic E-state index is -4.79. The molecule has 0 unspecified atom stereocenters. The Labute approximate surface area is 212 Å². The van der Waals surface area contributed by atoms with Gasteiger partial charge in [-0.3, -0.25) is 4.31 Å². The van der Waals surface area contributed by atoms with Gasteiger partial charge in [-0.15, -0.1) is 0 Å². The molecular formula is C21H24F3N7O4S2. The van der Waals surface area contributed by atoms with Crippen LogP contribution in [0.1, 0.15) is 11.1 Å². The minimum Gasteiger partial charge on any atom is -0.365 e. The molecule has 0 aliphatic rings. The molecule has 200 valence electrons. The van der Waals surface area contributed by atoms with Crippen LogP contribution in [-0.2, 0) is 32.8 Å². The highest BCUT2D eigenvalue weighted by Gasteiger charge is 2.35. The zero-order chi connectivity index (χ0) is 27.6. The summed E-state index contributed by atoms with van der Waals surface area (Å²) in [6.07, 6.45) is -1.87. The topological polar surface area (TPSA) is 137 Å². The molecule has 1 aromatic carbocycles. The maximum Gasteiger partial charge on any atom is 0.421 e. The molecule has 2 N–H and O–H groups in total. The van der Waals surface area contributed by atoms with Crippen LogP contribution in [0.25, 0.3) is 0 Å². The van der Waals surface area contributed by atoms with Gasteiger partial charge in [-0.2, -0.15) is 18.2 Å². The van der Waals surface area contributed by atoms with Crippen molar-refractivity contribution in [2.45, 2.75) is 17.6 Å². The maximum atomic E-state index is 13.6. The fraction of sp³-hybridized carbons (Fsp3) is 0.286. The molecule has 0 saturated heterocycles. The van der Waals surface area contributed by atoms with E-state index in [9.17, 15) is 30.0 Å². The molecule has 0 spiro atoms. The maximum absolute atomic E-state index is 13.6. The molecule has 3 aromatic rings. The summed E-state index contributed by atoms with van der Waals surface area (Å²) in [6.45, 7) is -0.237. The highest BCUT2D eigenvalue weighted by molar-refractivity contribution is 7.92. The molecule has 0 atom stereocenters. The summed E-state index contributed by atoms with van der Waals surface area (Å²) in [5.74, 6) is -0.758. The summed E-state index contributed by atoms with van der Waals surface area (Å²) < 4.78 is 91.5. The quantitative estimate of drug-likeness (QED) is 0.405. The molecule has 0 fully saturated rings. The van der Waals surface area contributed by atoms with Crippen LogP contribution in [0, 0.1) is 0 Å². The van der Waals surface area contributed by atoms with E-state index in [1.807, 2.05) is 0 Å². The van der Waals surface area contributed by atoms with E-state index in [-0.39, 0.29) is 28.9 Å². The van der Waals surface area contributed by atoms with Gasteiger partial charge in [0.05, 0.1) is 11.2 Å². The number of aromatic nitrogens is 3. The van der Waals surface area contributed by atoms with Gasteiger partial charge in [-0.1, -0.05) is 12.1 Å². The van der Waals surface area contributed by atoms with Crippen molar-refractivity contribution in [3.05, 3.63) is 59.9 Å². The number of alkyl halides is 3. The number of nitrogens with one attached hydrogen (secondary N) is 2. The normalized spacial score (nSPS) is 12.4. The molecule has 0 saturated carbocycles. The zero-order valence-corrected chi connectivity index (χ0v) is 21.8. The Morgan fingerprint density at radius 3 is 2.32 bits per heavy atom. The molecule has 0 radical (unpaired) electrons. The van der Waals surface area contributed by atoms with E-state index in [2.05, 4.69) is 25.6 Å². The second-order valence-corrected chi connectivity index (χ2v) is 12.1. The van der Waals surface area contributed by atoms with Gasteiger partial charge in [0.2, 0.25) is 26.0 Å². The molecule has 0 bridgehead atoms. The molecule has 0 aliphatic carbocycles. The van der Waals surface area contributed by atoms with Crippen molar-refractivity contribution in [1.82, 2.24) is 19.3 Å². The van der Waals surface area contributed by atoms with Gasteiger partial charge >= 0.3 is 6.18 Å². The first kappa shape index (κ1) is 28.1. The van der Waals surface area contributed by atoms with Gasteiger partial charge in [-0.25, -0.2) is 31.1 Å². The average Bonchev–Trinajstić information content (AvgIpc) is 2.81. The highest BCUT2D eigenvalue weighted by Crippen LogP contribution is 2.34. The molecule has 2 aromatic heterocycles. The molecule has 11 nitrogen and oxygen atoms in total. The number of benzene rings is 1. The minimum absolute atomic E-state index is 0.0353. The third-order valence-corrected chi connectivity index (χ3v) is 8.05. The summed E-state index contributed by atoms with van der Waals surface area (Å²) in [5, 5.41) is 5.29. The monoisotopic (exact) mass is 559 g/mol. The van der Waals surface area contributed by atoms with Crippen LogP contribution in [0.2, 0.25) is 0 Å². The third kappa shape index (κ3) is 6.64. The number of rotatable bonds is 9. The van der Waals surface area contributed by atoms with Gasteiger partial charge in [0, 0.05) is 51.3 Å².